The Balaban J connectivity index is 0.000000171. The molecule has 34 heteroatoms. The zero-order valence-electron chi connectivity index (χ0n) is 64.0. The summed E-state index contributed by atoms with van der Waals surface area (Å²) in [6.45, 7) is 20.0. The van der Waals surface area contributed by atoms with Crippen LogP contribution in [0.4, 0.5) is 10.7 Å². The molecule has 600 valence electrons. The monoisotopic (exact) mass is 1650 g/mol. The van der Waals surface area contributed by atoms with E-state index in [1.165, 1.54) is 52.7 Å². The average molecular weight is 1660 g/mol. The topological polar surface area (TPSA) is 318 Å². The molecule has 4 amide bonds. The summed E-state index contributed by atoms with van der Waals surface area (Å²) in [6, 6.07) is 23.3. The van der Waals surface area contributed by atoms with Gasteiger partial charge in [-0.2, -0.15) is 17.2 Å². The van der Waals surface area contributed by atoms with E-state index in [0.717, 1.165) is 125 Å². The van der Waals surface area contributed by atoms with Gasteiger partial charge in [-0.25, -0.2) is 48.4 Å². The van der Waals surface area contributed by atoms with Crippen LogP contribution in [-0.2, 0) is 117 Å². The Labute approximate surface area is 652 Å². The third kappa shape index (κ3) is 26.4. The van der Waals surface area contributed by atoms with Gasteiger partial charge < -0.3 is 48.6 Å². The number of amides is 4. The van der Waals surface area contributed by atoms with Crippen molar-refractivity contribution in [3.8, 4) is 23.0 Å². The summed E-state index contributed by atoms with van der Waals surface area (Å²) < 4.78 is 128. The van der Waals surface area contributed by atoms with Crippen molar-refractivity contribution in [1.82, 2.24) is 52.1 Å². The lowest BCUT2D eigenvalue weighted by Gasteiger charge is -2.35. The van der Waals surface area contributed by atoms with E-state index in [9.17, 15) is 52.8 Å². The summed E-state index contributed by atoms with van der Waals surface area (Å²) in [4.78, 5) is 66.4. The van der Waals surface area contributed by atoms with Gasteiger partial charge in [-0.05, 0) is 177 Å². The van der Waals surface area contributed by atoms with Gasteiger partial charge in [0.25, 0.3) is 0 Å². The first-order valence-corrected chi connectivity index (χ1v) is 45.6. The predicted octanol–water partition coefficient (Wildman–Crippen LogP) is 5.70. The van der Waals surface area contributed by atoms with Gasteiger partial charge in [-0.3, -0.25) is 19.3 Å². The van der Waals surface area contributed by atoms with E-state index in [4.69, 9.17) is 23.7 Å². The number of rotatable bonds is 25. The minimum absolute atomic E-state index is 0.0328. The second-order valence-electron chi connectivity index (χ2n) is 29.0. The Bertz CT molecular complexity index is 4430. The van der Waals surface area contributed by atoms with E-state index in [-0.39, 0.29) is 24.3 Å². The van der Waals surface area contributed by atoms with E-state index in [0.29, 0.717) is 163 Å². The van der Waals surface area contributed by atoms with Gasteiger partial charge in [0, 0.05) is 129 Å². The number of fused-ring (bicyclic) bond motifs is 4. The highest BCUT2D eigenvalue weighted by Gasteiger charge is 2.32. The molecule has 8 heterocycles. The number of carbonyl (C=O) groups is 4. The average Bonchev–Trinajstić information content (AvgIpc) is 0.828. The van der Waals surface area contributed by atoms with E-state index < -0.39 is 51.8 Å². The Morgan fingerprint density at radius 2 is 0.817 bits per heavy atom. The van der Waals surface area contributed by atoms with E-state index in [1.54, 1.807) is 25.7 Å². The van der Waals surface area contributed by atoms with E-state index >= 15 is 0 Å². The predicted molar refractivity (Wildman–Crippen MR) is 420 cm³/mol. The lowest BCUT2D eigenvalue weighted by atomic mass is 10.0. The number of anilines is 1. The number of piperazine rings is 3. The highest BCUT2D eigenvalue weighted by atomic mass is 79.9. The lowest BCUT2D eigenvalue weighted by molar-refractivity contribution is -0.136. The SMILES string of the molecule is CC(C)(C)OC(=O)N1CCN(CCCOc2ccc3c(c2)CCN(S(C)(=O)=O)C3)C(=O)C1.CCc1cnc(N2CCN(CCCOc3ccc4c(c3)CCN(S(C)(=O)=O)C4)C(=O)C2)nc1.CS(=O)(=O)N1CCc2cc(OCCCBr)ccc2C1.CS(=O)(=O)N1CCc2cc(OCCCN3CCNCC3=O)ccc2C1. The number of aryl methyl sites for hydroxylation is 1. The molecule has 0 saturated carbocycles. The summed E-state index contributed by atoms with van der Waals surface area (Å²) in [5.74, 6) is 3.94. The summed E-state index contributed by atoms with van der Waals surface area (Å²) in [7, 11) is -12.6. The maximum absolute atomic E-state index is 12.6. The van der Waals surface area contributed by atoms with Crippen LogP contribution in [0.2, 0.25) is 0 Å². The Hall–Kier alpha value is -7.28. The molecule has 3 saturated heterocycles. The van der Waals surface area contributed by atoms with Crippen LogP contribution in [0.5, 0.6) is 23.0 Å². The number of sulfonamides is 4. The summed E-state index contributed by atoms with van der Waals surface area (Å²) in [5.41, 5.74) is 9.21. The van der Waals surface area contributed by atoms with Crippen LogP contribution >= 0.6 is 15.9 Å². The van der Waals surface area contributed by atoms with Crippen molar-refractivity contribution in [3.63, 3.8) is 0 Å². The molecule has 0 aliphatic carbocycles. The number of benzene rings is 4. The molecule has 3 fully saturated rings. The van der Waals surface area contributed by atoms with Gasteiger partial charge in [0.15, 0.2) is 0 Å². The molecule has 4 aromatic carbocycles. The van der Waals surface area contributed by atoms with E-state index in [2.05, 4.69) is 38.1 Å². The molecule has 7 aliphatic heterocycles. The van der Waals surface area contributed by atoms with Gasteiger partial charge >= 0.3 is 6.09 Å². The van der Waals surface area contributed by atoms with E-state index in [1.807, 2.05) is 99.9 Å². The summed E-state index contributed by atoms with van der Waals surface area (Å²) in [6.07, 6.45) is 15.0. The molecule has 0 atom stereocenters. The fraction of sp³-hybridized carbons (Fsp3) is 0.573. The molecule has 0 radical (unpaired) electrons. The Morgan fingerprint density at radius 3 is 1.15 bits per heavy atom. The number of hydrogen-bond acceptors (Lipinski definition) is 21. The molecular formula is C75H107BrN12O17S4. The van der Waals surface area contributed by atoms with Crippen molar-refractivity contribution < 1.29 is 76.5 Å². The first kappa shape index (κ1) is 85.7. The highest BCUT2D eigenvalue weighted by Crippen LogP contribution is 2.30. The second kappa shape index (κ2) is 39.3. The van der Waals surface area contributed by atoms with Crippen LogP contribution < -0.4 is 29.2 Å². The summed E-state index contributed by atoms with van der Waals surface area (Å²) >= 11 is 3.37. The van der Waals surface area contributed by atoms with Crippen LogP contribution in [0, 0.1) is 0 Å². The van der Waals surface area contributed by atoms with Gasteiger partial charge in [-0.1, -0.05) is 47.1 Å². The maximum atomic E-state index is 12.6. The lowest BCUT2D eigenvalue weighted by Crippen LogP contribution is -2.53. The maximum Gasteiger partial charge on any atom is 0.410 e. The fourth-order valence-electron chi connectivity index (χ4n) is 13.2. The molecule has 1 N–H and O–H groups in total. The number of aromatic nitrogens is 2. The minimum atomic E-state index is -3.19. The van der Waals surface area contributed by atoms with Crippen LogP contribution in [-0.4, -0.2) is 271 Å². The number of ether oxygens (including phenoxy) is 5. The molecular weight excluding hydrogens is 1550 g/mol. The third-order valence-corrected chi connectivity index (χ3v) is 25.0. The molecule has 0 spiro atoms. The normalized spacial score (nSPS) is 17.6. The molecule has 7 aliphatic rings. The number of halogens is 1. The van der Waals surface area contributed by atoms with Crippen molar-refractivity contribution in [1.29, 1.82) is 0 Å². The zero-order valence-corrected chi connectivity index (χ0v) is 68.8. The number of nitrogens with one attached hydrogen (secondary N) is 1. The van der Waals surface area contributed by atoms with Crippen LogP contribution in [0.15, 0.2) is 85.2 Å². The number of alkyl halides is 1. The van der Waals surface area contributed by atoms with Gasteiger partial charge in [0.1, 0.15) is 35.1 Å². The standard InChI is InChI=1S/C23H31N5O4S.C22H33N3O6S.C17H25N3O4S.C13H18BrNO3S/c1-3-18-14-24-23(25-15-18)27-11-10-26(22(29)17-27)8-4-12-32-21-6-5-20-16-28(33(2,30)31)9-7-19(20)13-21;1-22(2,3)31-21(27)24-12-11-23(20(26)16-24)9-5-13-30-19-7-6-18-15-25(32(4,28)29)10-8-17(18)14-19;1-25(22,23)20-8-5-14-11-16(4-3-15(14)13-20)24-10-2-7-19-9-6-18-12-17(19)21;1-19(16,17)15-7-5-11-9-13(18-8-2-6-14)4-3-12(11)10-15/h5-6,13-15H,3-4,7-12,16-17H2,1-2H3;6-7,14H,5,8-13,15-16H2,1-4H3;3-4,11,18H,2,5-10,12-13H2,1H3;3-4,9H,2,5-8,10H2,1H3. The number of nitrogens with zero attached hydrogens (tertiary/aromatic N) is 11. The number of hydrogen-bond donors (Lipinski definition) is 1. The molecule has 0 unspecified atom stereocenters. The molecule has 0 bridgehead atoms. The quantitative estimate of drug-likeness (QED) is 0.0541. The fourth-order valence-corrected chi connectivity index (χ4v) is 16.6. The first-order valence-electron chi connectivity index (χ1n) is 37.1. The van der Waals surface area contributed by atoms with Crippen molar-refractivity contribution >= 4 is 85.8 Å². The minimum Gasteiger partial charge on any atom is -0.494 e. The molecule has 109 heavy (non-hydrogen) atoms. The summed E-state index contributed by atoms with van der Waals surface area (Å²) in [5, 5.41) is 3.99. The van der Waals surface area contributed by atoms with Crippen molar-refractivity contribution in [3.05, 3.63) is 135 Å². The van der Waals surface area contributed by atoms with Crippen molar-refractivity contribution in [2.75, 3.05) is 166 Å². The Kier molecular flexibility index (Phi) is 30.9. The zero-order chi connectivity index (χ0) is 78.7. The molecule has 29 nitrogen and oxygen atoms in total. The van der Waals surface area contributed by atoms with Gasteiger partial charge in [0.05, 0.1) is 64.5 Å². The first-order chi connectivity index (χ1) is 51.7. The number of carbonyl (C=O) groups excluding carboxylic acids is 4. The second-order valence-corrected chi connectivity index (χ2v) is 37.7. The van der Waals surface area contributed by atoms with Crippen LogP contribution in [0.3, 0.4) is 0 Å². The highest BCUT2D eigenvalue weighted by molar-refractivity contribution is 9.09. The molecule has 1 aromatic heterocycles. The van der Waals surface area contributed by atoms with Gasteiger partial charge in [-0.15, -0.1) is 0 Å². The van der Waals surface area contributed by atoms with Crippen LogP contribution in [0.1, 0.15) is 103 Å². The van der Waals surface area contributed by atoms with Crippen molar-refractivity contribution in [2.24, 2.45) is 0 Å². The Morgan fingerprint density at radius 1 is 0.459 bits per heavy atom. The largest absolute Gasteiger partial charge is 0.494 e. The smallest absolute Gasteiger partial charge is 0.410 e. The third-order valence-electron chi connectivity index (χ3n) is 19.4. The molecule has 5 aromatic rings. The molecule has 12 rings (SSSR count). The van der Waals surface area contributed by atoms with Gasteiger partial charge in [0.2, 0.25) is 63.8 Å². The van der Waals surface area contributed by atoms with Crippen molar-refractivity contribution in [2.45, 2.75) is 117 Å². The van der Waals surface area contributed by atoms with Crippen LogP contribution in [0.25, 0.3) is 0 Å².